The molecule has 2 heterocycles. The lowest BCUT2D eigenvalue weighted by Gasteiger charge is -2.35. The summed E-state index contributed by atoms with van der Waals surface area (Å²) >= 11 is 0. The molecule has 0 aliphatic carbocycles. The molecule has 120 valence electrons. The molecular formula is C13H25N5O2S. The molecule has 7 nitrogen and oxygen atoms in total. The van der Waals surface area contributed by atoms with Gasteiger partial charge in [-0.15, -0.1) is 0 Å². The maximum atomic E-state index is 12.7. The minimum absolute atomic E-state index is 0.0158. The number of sulfonamides is 1. The van der Waals surface area contributed by atoms with Crippen molar-refractivity contribution in [1.82, 2.24) is 25.1 Å². The fourth-order valence-corrected chi connectivity index (χ4v) is 4.44. The highest BCUT2D eigenvalue weighted by molar-refractivity contribution is 7.89. The lowest BCUT2D eigenvalue weighted by molar-refractivity contribution is 0.178. The quantitative estimate of drug-likeness (QED) is 0.722. The molecule has 1 aliphatic rings. The zero-order chi connectivity index (χ0) is 15.6. The summed E-state index contributed by atoms with van der Waals surface area (Å²) in [5, 5.41) is 9.79. The van der Waals surface area contributed by atoms with Gasteiger partial charge in [-0.2, -0.15) is 5.10 Å². The number of aryl methyl sites for hydroxylation is 1. The minimum Gasteiger partial charge on any atom is -0.314 e. The van der Waals surface area contributed by atoms with Crippen LogP contribution in [0, 0.1) is 6.92 Å². The SMILES string of the molecule is CNCc1n[nH]c(C)c1S(=O)(=O)NC1CCN(C)C(C)C1. The molecule has 0 amide bonds. The number of nitrogens with zero attached hydrogens (tertiary/aromatic N) is 2. The molecule has 0 saturated carbocycles. The molecule has 8 heteroatoms. The van der Waals surface area contributed by atoms with E-state index in [0.717, 1.165) is 19.4 Å². The average Bonchev–Trinajstić information content (AvgIpc) is 2.76. The van der Waals surface area contributed by atoms with Gasteiger partial charge in [-0.3, -0.25) is 5.10 Å². The van der Waals surface area contributed by atoms with Crippen LogP contribution in [-0.4, -0.2) is 56.2 Å². The van der Waals surface area contributed by atoms with Gasteiger partial charge >= 0.3 is 0 Å². The standard InChI is InChI=1S/C13H25N5O2S/c1-9-7-11(5-6-18(9)4)17-21(19,20)13-10(2)15-16-12(13)8-14-3/h9,11,14,17H,5-8H2,1-4H3,(H,15,16). The summed E-state index contributed by atoms with van der Waals surface area (Å²) in [7, 11) is 0.297. The average molecular weight is 315 g/mol. The smallest absolute Gasteiger partial charge is 0.244 e. The second-order valence-electron chi connectivity index (χ2n) is 5.83. The van der Waals surface area contributed by atoms with E-state index in [9.17, 15) is 8.42 Å². The number of hydrogen-bond acceptors (Lipinski definition) is 5. The maximum absolute atomic E-state index is 12.7. The van der Waals surface area contributed by atoms with Crippen molar-refractivity contribution in [3.8, 4) is 0 Å². The van der Waals surface area contributed by atoms with Crippen molar-refractivity contribution in [3.63, 3.8) is 0 Å². The molecular weight excluding hydrogens is 290 g/mol. The molecule has 0 radical (unpaired) electrons. The van der Waals surface area contributed by atoms with Crippen molar-refractivity contribution in [2.75, 3.05) is 20.6 Å². The van der Waals surface area contributed by atoms with E-state index in [1.807, 2.05) is 0 Å². The Morgan fingerprint density at radius 2 is 2.19 bits per heavy atom. The highest BCUT2D eigenvalue weighted by atomic mass is 32.2. The van der Waals surface area contributed by atoms with Crippen LogP contribution >= 0.6 is 0 Å². The van der Waals surface area contributed by atoms with Gasteiger partial charge in [0.25, 0.3) is 0 Å². The maximum Gasteiger partial charge on any atom is 0.244 e. The number of aromatic amines is 1. The number of piperidine rings is 1. The van der Waals surface area contributed by atoms with Crippen LogP contribution in [0.4, 0.5) is 0 Å². The van der Waals surface area contributed by atoms with Crippen LogP contribution in [0.2, 0.25) is 0 Å². The Balaban J connectivity index is 2.17. The number of H-pyrrole nitrogens is 1. The van der Waals surface area contributed by atoms with Crippen LogP contribution < -0.4 is 10.0 Å². The van der Waals surface area contributed by atoms with E-state index < -0.39 is 10.0 Å². The predicted octanol–water partition coefficient (Wildman–Crippen LogP) is 0.199. The molecule has 2 atom stereocenters. The molecule has 1 aliphatic heterocycles. The largest absolute Gasteiger partial charge is 0.314 e. The van der Waals surface area contributed by atoms with Gasteiger partial charge in [0.15, 0.2) is 0 Å². The van der Waals surface area contributed by atoms with Crippen LogP contribution in [0.5, 0.6) is 0 Å². The van der Waals surface area contributed by atoms with Gasteiger partial charge in [0, 0.05) is 18.6 Å². The summed E-state index contributed by atoms with van der Waals surface area (Å²) < 4.78 is 28.2. The Morgan fingerprint density at radius 3 is 2.81 bits per heavy atom. The molecule has 0 spiro atoms. The topological polar surface area (TPSA) is 90.1 Å². The molecule has 1 saturated heterocycles. The fraction of sp³-hybridized carbons (Fsp3) is 0.769. The Morgan fingerprint density at radius 1 is 1.48 bits per heavy atom. The molecule has 21 heavy (non-hydrogen) atoms. The third-order valence-electron chi connectivity index (χ3n) is 4.10. The van der Waals surface area contributed by atoms with Crippen molar-refractivity contribution in [2.45, 2.75) is 50.2 Å². The van der Waals surface area contributed by atoms with E-state index in [1.54, 1.807) is 14.0 Å². The summed E-state index contributed by atoms with van der Waals surface area (Å²) in [5.74, 6) is 0. The van der Waals surface area contributed by atoms with Gasteiger partial charge in [0.05, 0.1) is 11.4 Å². The van der Waals surface area contributed by atoms with Gasteiger partial charge in [0.1, 0.15) is 4.90 Å². The molecule has 1 aromatic heterocycles. The van der Waals surface area contributed by atoms with Crippen molar-refractivity contribution < 1.29 is 8.42 Å². The van der Waals surface area contributed by atoms with E-state index in [0.29, 0.717) is 24.0 Å². The first-order chi connectivity index (χ1) is 9.85. The van der Waals surface area contributed by atoms with E-state index in [4.69, 9.17) is 0 Å². The second kappa shape index (κ2) is 6.43. The zero-order valence-corrected chi connectivity index (χ0v) is 13.9. The summed E-state index contributed by atoms with van der Waals surface area (Å²) in [6, 6.07) is 0.367. The Hall–Kier alpha value is -0.960. The lowest BCUT2D eigenvalue weighted by Crippen LogP contribution is -2.47. The van der Waals surface area contributed by atoms with Crippen LogP contribution in [0.1, 0.15) is 31.2 Å². The van der Waals surface area contributed by atoms with Crippen molar-refractivity contribution in [3.05, 3.63) is 11.4 Å². The van der Waals surface area contributed by atoms with Gasteiger partial charge in [0.2, 0.25) is 10.0 Å². The van der Waals surface area contributed by atoms with Gasteiger partial charge < -0.3 is 10.2 Å². The van der Waals surface area contributed by atoms with Crippen LogP contribution in [0.15, 0.2) is 4.90 Å². The fourth-order valence-electron chi connectivity index (χ4n) is 2.79. The Labute approximate surface area is 126 Å². The molecule has 0 bridgehead atoms. The Kier molecular flexibility index (Phi) is 5.03. The first-order valence-electron chi connectivity index (χ1n) is 7.26. The van der Waals surface area contributed by atoms with Crippen molar-refractivity contribution in [1.29, 1.82) is 0 Å². The summed E-state index contributed by atoms with van der Waals surface area (Å²) in [5.41, 5.74) is 1.11. The highest BCUT2D eigenvalue weighted by Crippen LogP contribution is 2.21. The monoisotopic (exact) mass is 315 g/mol. The lowest BCUT2D eigenvalue weighted by atomic mass is 10.0. The van der Waals surface area contributed by atoms with E-state index in [2.05, 4.69) is 39.1 Å². The molecule has 2 rings (SSSR count). The predicted molar refractivity (Wildman–Crippen MR) is 81.5 cm³/mol. The number of aromatic nitrogens is 2. The minimum atomic E-state index is -3.54. The first kappa shape index (κ1) is 16.4. The summed E-state index contributed by atoms with van der Waals surface area (Å²) in [6.45, 7) is 5.18. The number of likely N-dealkylation sites (tertiary alicyclic amines) is 1. The number of hydrogen-bond donors (Lipinski definition) is 3. The third-order valence-corrected chi connectivity index (χ3v) is 5.83. The van der Waals surface area contributed by atoms with E-state index in [-0.39, 0.29) is 10.9 Å². The van der Waals surface area contributed by atoms with E-state index >= 15 is 0 Å². The molecule has 2 unspecified atom stereocenters. The number of rotatable bonds is 5. The second-order valence-corrected chi connectivity index (χ2v) is 7.48. The number of nitrogens with one attached hydrogen (secondary N) is 3. The third kappa shape index (κ3) is 3.63. The summed E-state index contributed by atoms with van der Waals surface area (Å²) in [4.78, 5) is 2.53. The van der Waals surface area contributed by atoms with Crippen LogP contribution in [0.3, 0.4) is 0 Å². The molecule has 1 aromatic rings. The van der Waals surface area contributed by atoms with Gasteiger partial charge in [-0.05, 0) is 47.3 Å². The first-order valence-corrected chi connectivity index (χ1v) is 8.74. The van der Waals surface area contributed by atoms with E-state index in [1.165, 1.54) is 0 Å². The Bertz CT molecular complexity index is 583. The van der Waals surface area contributed by atoms with Crippen molar-refractivity contribution >= 4 is 10.0 Å². The van der Waals surface area contributed by atoms with Gasteiger partial charge in [-0.1, -0.05) is 0 Å². The van der Waals surface area contributed by atoms with Gasteiger partial charge in [-0.25, -0.2) is 13.1 Å². The molecule has 0 aromatic carbocycles. The van der Waals surface area contributed by atoms with Crippen LogP contribution in [-0.2, 0) is 16.6 Å². The molecule has 1 fully saturated rings. The van der Waals surface area contributed by atoms with Crippen molar-refractivity contribution in [2.24, 2.45) is 0 Å². The summed E-state index contributed by atoms with van der Waals surface area (Å²) in [6.07, 6.45) is 1.66. The molecule has 3 N–H and O–H groups in total. The zero-order valence-electron chi connectivity index (χ0n) is 13.1. The normalized spacial score (nSPS) is 24.4. The highest BCUT2D eigenvalue weighted by Gasteiger charge is 2.30. The van der Waals surface area contributed by atoms with Crippen LogP contribution in [0.25, 0.3) is 0 Å².